The van der Waals surface area contributed by atoms with Crippen LogP contribution in [-0.2, 0) is 19.6 Å². The first kappa shape index (κ1) is 15.8. The molecule has 1 unspecified atom stereocenters. The molecule has 0 bridgehead atoms. The van der Waals surface area contributed by atoms with Gasteiger partial charge in [0.25, 0.3) is 0 Å². The molecule has 0 aromatic heterocycles. The van der Waals surface area contributed by atoms with Crippen molar-refractivity contribution in [3.63, 3.8) is 0 Å². The fourth-order valence-electron chi connectivity index (χ4n) is 3.08. The van der Waals surface area contributed by atoms with Gasteiger partial charge >= 0.3 is 5.97 Å². The minimum atomic E-state index is -3.43. The van der Waals surface area contributed by atoms with Crippen LogP contribution in [0.4, 0.5) is 5.69 Å². The standard InChI is InChI=1S/C15H18N2O5S/c1-22-15(19)12-4-3-10(11-5-6-16-14(11)18)9-13(12)17-7-2-8-23(17,20)21/h3-4,9,11H,2,5-8H2,1H3,(H,16,18). The smallest absolute Gasteiger partial charge is 0.340 e. The number of esters is 1. The molecule has 2 saturated heterocycles. The van der Waals surface area contributed by atoms with E-state index in [4.69, 9.17) is 4.74 Å². The lowest BCUT2D eigenvalue weighted by Gasteiger charge is -2.21. The Morgan fingerprint density at radius 2 is 2.17 bits per heavy atom. The van der Waals surface area contributed by atoms with E-state index in [9.17, 15) is 18.0 Å². The van der Waals surface area contributed by atoms with Crippen LogP contribution >= 0.6 is 0 Å². The molecule has 124 valence electrons. The lowest BCUT2D eigenvalue weighted by atomic mass is 9.95. The summed E-state index contributed by atoms with van der Waals surface area (Å²) in [7, 11) is -2.18. The van der Waals surface area contributed by atoms with Crippen molar-refractivity contribution in [1.29, 1.82) is 0 Å². The highest BCUT2D eigenvalue weighted by Crippen LogP contribution is 2.33. The summed E-state index contributed by atoms with van der Waals surface area (Å²) in [6.07, 6.45) is 1.17. The van der Waals surface area contributed by atoms with Crippen molar-refractivity contribution < 1.29 is 22.7 Å². The highest BCUT2D eigenvalue weighted by molar-refractivity contribution is 7.93. The summed E-state index contributed by atoms with van der Waals surface area (Å²) in [6.45, 7) is 0.923. The van der Waals surface area contributed by atoms with E-state index in [0.29, 0.717) is 37.2 Å². The van der Waals surface area contributed by atoms with Crippen LogP contribution < -0.4 is 9.62 Å². The Bertz CT molecular complexity index is 759. The van der Waals surface area contributed by atoms with Gasteiger partial charge in [0.15, 0.2) is 0 Å². The van der Waals surface area contributed by atoms with Crippen LogP contribution in [0.3, 0.4) is 0 Å². The van der Waals surface area contributed by atoms with E-state index in [1.807, 2.05) is 0 Å². The second kappa shape index (κ2) is 5.84. The van der Waals surface area contributed by atoms with E-state index in [0.717, 1.165) is 0 Å². The maximum Gasteiger partial charge on any atom is 0.340 e. The van der Waals surface area contributed by atoms with Gasteiger partial charge < -0.3 is 10.1 Å². The third-order valence-electron chi connectivity index (χ3n) is 4.25. The van der Waals surface area contributed by atoms with Crippen LogP contribution in [0.5, 0.6) is 0 Å². The van der Waals surface area contributed by atoms with Gasteiger partial charge in [-0.2, -0.15) is 0 Å². The number of methoxy groups -OCH3 is 1. The summed E-state index contributed by atoms with van der Waals surface area (Å²) < 4.78 is 30.4. The Balaban J connectivity index is 2.09. The Labute approximate surface area is 134 Å². The molecular weight excluding hydrogens is 320 g/mol. The predicted octanol–water partition coefficient (Wildman–Crippen LogP) is 0.617. The second-order valence-electron chi connectivity index (χ2n) is 5.64. The van der Waals surface area contributed by atoms with E-state index < -0.39 is 16.0 Å². The molecule has 0 spiro atoms. The van der Waals surface area contributed by atoms with Crippen LogP contribution in [-0.4, -0.2) is 46.2 Å². The molecule has 1 aromatic carbocycles. The molecule has 7 nitrogen and oxygen atoms in total. The lowest BCUT2D eigenvalue weighted by Crippen LogP contribution is -2.27. The summed E-state index contributed by atoms with van der Waals surface area (Å²) in [6, 6.07) is 4.86. The summed E-state index contributed by atoms with van der Waals surface area (Å²) >= 11 is 0. The van der Waals surface area contributed by atoms with Crippen molar-refractivity contribution in [2.75, 3.05) is 30.3 Å². The van der Waals surface area contributed by atoms with E-state index in [-0.39, 0.29) is 23.1 Å². The molecule has 2 aliphatic heterocycles. The fourth-order valence-corrected chi connectivity index (χ4v) is 4.65. The minimum absolute atomic E-state index is 0.0573. The first-order chi connectivity index (χ1) is 10.9. The number of benzene rings is 1. The quantitative estimate of drug-likeness (QED) is 0.816. The van der Waals surface area contributed by atoms with Crippen molar-refractivity contribution >= 4 is 27.6 Å². The molecule has 2 heterocycles. The van der Waals surface area contributed by atoms with Crippen molar-refractivity contribution in [3.8, 4) is 0 Å². The summed E-state index contributed by atoms with van der Waals surface area (Å²) in [5.41, 5.74) is 1.21. The van der Waals surface area contributed by atoms with Crippen molar-refractivity contribution in [3.05, 3.63) is 29.3 Å². The van der Waals surface area contributed by atoms with E-state index in [1.165, 1.54) is 17.5 Å². The highest BCUT2D eigenvalue weighted by atomic mass is 32.2. The molecule has 1 aromatic rings. The molecule has 3 rings (SSSR count). The Morgan fingerprint density at radius 3 is 2.74 bits per heavy atom. The van der Waals surface area contributed by atoms with Gasteiger partial charge in [-0.25, -0.2) is 13.2 Å². The van der Waals surface area contributed by atoms with Gasteiger partial charge in [0.05, 0.1) is 30.0 Å². The maximum absolute atomic E-state index is 12.2. The number of nitrogens with one attached hydrogen (secondary N) is 1. The molecule has 8 heteroatoms. The maximum atomic E-state index is 12.2. The number of amides is 1. The van der Waals surface area contributed by atoms with Gasteiger partial charge in [-0.1, -0.05) is 6.07 Å². The average Bonchev–Trinajstić information content (AvgIpc) is 3.11. The molecule has 1 amide bonds. The first-order valence-corrected chi connectivity index (χ1v) is 9.05. The van der Waals surface area contributed by atoms with E-state index in [1.54, 1.807) is 12.1 Å². The average molecular weight is 338 g/mol. The molecule has 23 heavy (non-hydrogen) atoms. The van der Waals surface area contributed by atoms with Crippen molar-refractivity contribution in [1.82, 2.24) is 5.32 Å². The number of ether oxygens (including phenoxy) is 1. The Hall–Kier alpha value is -2.09. The number of carbonyl (C=O) groups excluding carboxylic acids is 2. The normalized spacial score (nSPS) is 22.9. The van der Waals surface area contributed by atoms with E-state index >= 15 is 0 Å². The Kier molecular flexibility index (Phi) is 4.01. The third-order valence-corrected chi connectivity index (χ3v) is 6.10. The molecule has 1 N–H and O–H groups in total. The molecule has 1 atom stereocenters. The monoisotopic (exact) mass is 338 g/mol. The minimum Gasteiger partial charge on any atom is -0.465 e. The number of hydrogen-bond donors (Lipinski definition) is 1. The van der Waals surface area contributed by atoms with E-state index in [2.05, 4.69) is 5.32 Å². The Morgan fingerprint density at radius 1 is 1.39 bits per heavy atom. The number of carbonyl (C=O) groups is 2. The van der Waals surface area contributed by atoms with Crippen molar-refractivity contribution in [2.24, 2.45) is 0 Å². The highest BCUT2D eigenvalue weighted by Gasteiger charge is 2.33. The zero-order valence-electron chi connectivity index (χ0n) is 12.7. The second-order valence-corrected chi connectivity index (χ2v) is 7.66. The molecule has 0 aliphatic carbocycles. The summed E-state index contributed by atoms with van der Waals surface area (Å²) in [5.74, 6) is -0.928. The van der Waals surface area contributed by atoms with Crippen LogP contribution in [0, 0.1) is 0 Å². The summed E-state index contributed by atoms with van der Waals surface area (Å²) in [4.78, 5) is 23.9. The number of rotatable bonds is 3. The van der Waals surface area contributed by atoms with Gasteiger partial charge in [0, 0.05) is 13.1 Å². The van der Waals surface area contributed by atoms with Gasteiger partial charge in [-0.15, -0.1) is 0 Å². The molecule has 2 aliphatic rings. The fraction of sp³-hybridized carbons (Fsp3) is 0.467. The largest absolute Gasteiger partial charge is 0.465 e. The number of hydrogen-bond acceptors (Lipinski definition) is 5. The first-order valence-electron chi connectivity index (χ1n) is 7.44. The van der Waals surface area contributed by atoms with Crippen LogP contribution in [0.1, 0.15) is 34.7 Å². The van der Waals surface area contributed by atoms with Crippen LogP contribution in [0.25, 0.3) is 0 Å². The molecule has 0 radical (unpaired) electrons. The van der Waals surface area contributed by atoms with Gasteiger partial charge in [0.2, 0.25) is 15.9 Å². The third kappa shape index (κ3) is 2.78. The topological polar surface area (TPSA) is 92.8 Å². The number of anilines is 1. The van der Waals surface area contributed by atoms with Crippen molar-refractivity contribution in [2.45, 2.75) is 18.8 Å². The number of sulfonamides is 1. The van der Waals surface area contributed by atoms with Gasteiger partial charge in [-0.05, 0) is 30.5 Å². The van der Waals surface area contributed by atoms with Crippen LogP contribution in [0.2, 0.25) is 0 Å². The zero-order chi connectivity index (χ0) is 16.6. The summed E-state index contributed by atoms with van der Waals surface area (Å²) in [5, 5.41) is 2.76. The molecule has 0 saturated carbocycles. The molecular formula is C15H18N2O5S. The van der Waals surface area contributed by atoms with Gasteiger partial charge in [0.1, 0.15) is 0 Å². The molecule has 2 fully saturated rings. The van der Waals surface area contributed by atoms with Gasteiger partial charge in [-0.3, -0.25) is 9.10 Å². The predicted molar refractivity (Wildman–Crippen MR) is 83.9 cm³/mol. The lowest BCUT2D eigenvalue weighted by molar-refractivity contribution is -0.120. The van der Waals surface area contributed by atoms with Crippen LogP contribution in [0.15, 0.2) is 18.2 Å². The number of nitrogens with zero attached hydrogens (tertiary/aromatic N) is 1. The zero-order valence-corrected chi connectivity index (χ0v) is 13.6. The SMILES string of the molecule is COC(=O)c1ccc(C2CCNC2=O)cc1N1CCCS1(=O)=O.